The van der Waals surface area contributed by atoms with Crippen molar-refractivity contribution >= 4 is 26.7 Å². The first-order valence-electron chi connectivity index (χ1n) is 6.70. The molecule has 118 valence electrons. The zero-order valence-corrected chi connectivity index (χ0v) is 14.3. The van der Waals surface area contributed by atoms with Crippen molar-refractivity contribution in [1.82, 2.24) is 0 Å². The fourth-order valence-corrected chi connectivity index (χ4v) is 3.21. The van der Waals surface area contributed by atoms with Gasteiger partial charge in [-0.15, -0.1) is 0 Å². The maximum absolute atomic E-state index is 12.1. The minimum absolute atomic E-state index is 0.165. The lowest BCUT2D eigenvalue weighted by molar-refractivity contribution is -0.0315. The summed E-state index contributed by atoms with van der Waals surface area (Å²) in [5, 5.41) is 0. The molecule has 0 N–H and O–H groups in total. The van der Waals surface area contributed by atoms with Gasteiger partial charge >= 0.3 is 0 Å². The van der Waals surface area contributed by atoms with Crippen LogP contribution in [0.2, 0.25) is 0 Å². The van der Waals surface area contributed by atoms with Crippen molar-refractivity contribution in [2.24, 2.45) is 0 Å². The number of hydrogen-bond acceptors (Lipinski definition) is 6. The molecule has 6 nitrogen and oxygen atoms in total. The van der Waals surface area contributed by atoms with Gasteiger partial charge in [0.05, 0.1) is 25.8 Å². The first-order valence-corrected chi connectivity index (χ1v) is 9.66. The van der Waals surface area contributed by atoms with Gasteiger partial charge in [-0.2, -0.15) is 0 Å². The molecule has 0 bridgehead atoms. The first kappa shape index (κ1) is 18.5. The van der Waals surface area contributed by atoms with E-state index in [1.165, 1.54) is 0 Å². The van der Waals surface area contributed by atoms with Gasteiger partial charge < -0.3 is 23.5 Å². The predicted molar refractivity (Wildman–Crippen MR) is 82.7 cm³/mol. The average molecular weight is 326 g/mol. The largest absolute Gasteiger partial charge is 0.382 e. The summed E-state index contributed by atoms with van der Waals surface area (Å²) in [5.41, 5.74) is 0. The summed E-state index contributed by atoms with van der Waals surface area (Å²) >= 11 is 4.11. The lowest BCUT2D eigenvalue weighted by Crippen LogP contribution is -2.39. The Morgan fingerprint density at radius 3 is 2.50 bits per heavy atom. The molecule has 0 saturated carbocycles. The van der Waals surface area contributed by atoms with E-state index in [2.05, 4.69) is 12.2 Å². The molecule has 0 aromatic heterocycles. The summed E-state index contributed by atoms with van der Waals surface area (Å²) in [7, 11) is 5.10. The SMILES string of the molecule is B[C@@H]1O[C@H](COC)C(OP(=O)(S)CC)[C@@H]1OCCOC. The van der Waals surface area contributed by atoms with Crippen molar-refractivity contribution in [1.29, 1.82) is 0 Å². The maximum atomic E-state index is 12.1. The van der Waals surface area contributed by atoms with Gasteiger partial charge in [0.2, 0.25) is 0 Å². The van der Waals surface area contributed by atoms with Crippen molar-refractivity contribution in [3.63, 3.8) is 0 Å². The normalized spacial score (nSPS) is 33.2. The zero-order chi connectivity index (χ0) is 15.2. The highest BCUT2D eigenvalue weighted by Gasteiger charge is 2.46. The molecular weight excluding hydrogens is 302 g/mol. The predicted octanol–water partition coefficient (Wildman–Crippen LogP) is 0.550. The van der Waals surface area contributed by atoms with Gasteiger partial charge in [-0.3, -0.25) is 4.57 Å². The van der Waals surface area contributed by atoms with Gasteiger partial charge in [0, 0.05) is 20.4 Å². The zero-order valence-electron chi connectivity index (χ0n) is 12.5. The van der Waals surface area contributed by atoms with E-state index < -0.39 is 12.7 Å². The van der Waals surface area contributed by atoms with E-state index in [0.717, 1.165) is 0 Å². The molecule has 0 radical (unpaired) electrons. The minimum Gasteiger partial charge on any atom is -0.382 e. The molecule has 1 fully saturated rings. The second-order valence-corrected chi connectivity index (χ2v) is 8.63. The van der Waals surface area contributed by atoms with Crippen LogP contribution in [-0.2, 0) is 28.0 Å². The Hall–Kier alpha value is 0.445. The lowest BCUT2D eigenvalue weighted by Gasteiger charge is -2.26. The molecule has 1 aliphatic rings. The second kappa shape index (κ2) is 8.78. The maximum Gasteiger partial charge on any atom is 0.254 e. The topological polar surface area (TPSA) is 63.2 Å². The standard InChI is InChI=1S/C11H24BO6PS/c1-4-19(13,20)18-9-8(7-15-3)17-11(12)10(9)16-6-5-14-2/h8-11H,4-7,12H2,1-3H3,(H,13,20)/t8-,9?,10+,11-,19?/m1/s1. The molecule has 20 heavy (non-hydrogen) atoms. The number of thiol groups is 1. The Morgan fingerprint density at radius 1 is 1.25 bits per heavy atom. The molecule has 5 atom stereocenters. The molecule has 2 unspecified atom stereocenters. The van der Waals surface area contributed by atoms with E-state index in [9.17, 15) is 4.57 Å². The van der Waals surface area contributed by atoms with E-state index in [0.29, 0.717) is 26.0 Å². The number of ether oxygens (including phenoxy) is 4. The van der Waals surface area contributed by atoms with Gasteiger partial charge in [0.1, 0.15) is 26.2 Å². The summed E-state index contributed by atoms with van der Waals surface area (Å²) in [6.45, 7) is 0.107. The lowest BCUT2D eigenvalue weighted by atomic mass is 9.93. The van der Waals surface area contributed by atoms with Crippen LogP contribution < -0.4 is 0 Å². The highest BCUT2D eigenvalue weighted by atomic mass is 32.7. The van der Waals surface area contributed by atoms with Crippen LogP contribution in [0, 0.1) is 0 Å². The van der Waals surface area contributed by atoms with Gasteiger partial charge in [0.15, 0.2) is 0 Å². The van der Waals surface area contributed by atoms with E-state index in [4.69, 9.17) is 23.5 Å². The van der Waals surface area contributed by atoms with Crippen LogP contribution >= 0.6 is 18.8 Å². The van der Waals surface area contributed by atoms with E-state index in [-0.39, 0.29) is 18.2 Å². The van der Waals surface area contributed by atoms with E-state index in [1.807, 2.05) is 7.85 Å². The van der Waals surface area contributed by atoms with Crippen molar-refractivity contribution in [3.8, 4) is 0 Å². The molecule has 1 saturated heterocycles. The van der Waals surface area contributed by atoms with Gasteiger partial charge in [-0.05, 0) is 0 Å². The third-order valence-corrected chi connectivity index (χ3v) is 5.66. The molecule has 0 spiro atoms. The minimum atomic E-state index is -2.94. The number of methoxy groups -OCH3 is 2. The summed E-state index contributed by atoms with van der Waals surface area (Å²) in [6.07, 6.45) is -0.720. The van der Waals surface area contributed by atoms with Crippen LogP contribution in [0.4, 0.5) is 0 Å². The van der Waals surface area contributed by atoms with Crippen molar-refractivity contribution in [3.05, 3.63) is 0 Å². The van der Waals surface area contributed by atoms with Crippen molar-refractivity contribution in [2.45, 2.75) is 31.2 Å². The number of hydrogen-bond donors (Lipinski definition) is 1. The molecule has 1 heterocycles. The van der Waals surface area contributed by atoms with Crippen LogP contribution in [-0.4, -0.2) is 72.4 Å². The Bertz CT molecular complexity index is 334. The van der Waals surface area contributed by atoms with Crippen LogP contribution in [0.1, 0.15) is 6.92 Å². The molecule has 0 aliphatic carbocycles. The Balaban J connectivity index is 2.74. The summed E-state index contributed by atoms with van der Waals surface area (Å²) < 4.78 is 39.4. The molecule has 0 amide bonds. The van der Waals surface area contributed by atoms with Gasteiger partial charge in [0.25, 0.3) is 6.57 Å². The molecule has 0 aromatic carbocycles. The quantitative estimate of drug-likeness (QED) is 0.289. The van der Waals surface area contributed by atoms with Crippen molar-refractivity contribution < 1.29 is 28.0 Å². The third kappa shape index (κ3) is 5.33. The first-order chi connectivity index (χ1) is 9.45. The average Bonchev–Trinajstić information content (AvgIpc) is 2.67. The summed E-state index contributed by atoms with van der Waals surface area (Å²) in [4.78, 5) is 0. The molecule has 0 aromatic rings. The Morgan fingerprint density at radius 2 is 1.95 bits per heavy atom. The van der Waals surface area contributed by atoms with Crippen LogP contribution in [0.5, 0.6) is 0 Å². The molecular formula is C11H24BO6PS. The Labute approximate surface area is 126 Å². The monoisotopic (exact) mass is 326 g/mol. The molecule has 1 rings (SSSR count). The van der Waals surface area contributed by atoms with E-state index >= 15 is 0 Å². The second-order valence-electron chi connectivity index (χ2n) is 4.69. The number of rotatable bonds is 9. The highest BCUT2D eigenvalue weighted by Crippen LogP contribution is 2.54. The van der Waals surface area contributed by atoms with Crippen LogP contribution in [0.15, 0.2) is 0 Å². The summed E-state index contributed by atoms with van der Waals surface area (Å²) in [6, 6.07) is -0.165. The van der Waals surface area contributed by atoms with Crippen LogP contribution in [0.3, 0.4) is 0 Å². The van der Waals surface area contributed by atoms with Crippen LogP contribution in [0.25, 0.3) is 0 Å². The van der Waals surface area contributed by atoms with Crippen molar-refractivity contribution in [2.75, 3.05) is 40.2 Å². The Kier molecular flexibility index (Phi) is 8.12. The van der Waals surface area contributed by atoms with Gasteiger partial charge in [-0.25, -0.2) is 0 Å². The molecule has 9 heteroatoms. The smallest absolute Gasteiger partial charge is 0.254 e. The fraction of sp³-hybridized carbons (Fsp3) is 1.00. The molecule has 1 aliphatic heterocycles. The highest BCUT2D eigenvalue weighted by molar-refractivity contribution is 8.46. The third-order valence-electron chi connectivity index (χ3n) is 3.16. The summed E-state index contributed by atoms with van der Waals surface area (Å²) in [5.74, 6) is 0. The van der Waals surface area contributed by atoms with E-state index in [1.54, 1.807) is 21.1 Å². The van der Waals surface area contributed by atoms with Gasteiger partial charge in [-0.1, -0.05) is 19.2 Å². The fourth-order valence-electron chi connectivity index (χ4n) is 2.10.